The molecule has 270 valence electrons. The minimum absolute atomic E-state index is 0.545. The van der Waals surface area contributed by atoms with Crippen molar-refractivity contribution >= 4 is 65.3 Å². The van der Waals surface area contributed by atoms with Crippen LogP contribution in [0.5, 0.6) is 0 Å². The molecule has 0 saturated carbocycles. The van der Waals surface area contributed by atoms with Crippen molar-refractivity contribution in [2.75, 3.05) is 0 Å². The van der Waals surface area contributed by atoms with Crippen LogP contribution in [0.4, 0.5) is 0 Å². The second-order valence-electron chi connectivity index (χ2n) is 14.8. The largest absolute Gasteiger partial charge is 0.456 e. The zero-order chi connectivity index (χ0) is 38.2. The summed E-state index contributed by atoms with van der Waals surface area (Å²) < 4.78 is 8.75. The summed E-state index contributed by atoms with van der Waals surface area (Å²) in [5.41, 5.74) is 9.84. The molecule has 0 aliphatic rings. The Hall–Kier alpha value is -7.89. The van der Waals surface area contributed by atoms with E-state index in [2.05, 4.69) is 174 Å². The molecule has 0 fully saturated rings. The standard InChI is InChI=1S/C53H32N4O/c1-3-14-33(15-4-1)38-28-39(34-16-5-2-6-17-34)30-40(29-38)51-54-52(43-23-13-25-47-50(43)44-31-36-19-7-8-20-37(36)32-48(44)58-47)56-53(55-51)57-45-24-12-11-22-42(45)49-41-21-10-9-18-35(41)26-27-46(49)57/h1-32H. The zero-order valence-corrected chi connectivity index (χ0v) is 31.2. The summed E-state index contributed by atoms with van der Waals surface area (Å²) in [7, 11) is 0. The van der Waals surface area contributed by atoms with E-state index in [1.54, 1.807) is 0 Å². The second kappa shape index (κ2) is 12.8. The van der Waals surface area contributed by atoms with Gasteiger partial charge in [0, 0.05) is 32.7 Å². The Kier molecular flexibility index (Phi) is 7.16. The lowest BCUT2D eigenvalue weighted by Crippen LogP contribution is -2.06. The smallest absolute Gasteiger partial charge is 0.238 e. The molecule has 0 bridgehead atoms. The molecular weight excluding hydrogens is 709 g/mol. The topological polar surface area (TPSA) is 56.7 Å². The Morgan fingerprint density at radius 2 is 0.966 bits per heavy atom. The highest BCUT2D eigenvalue weighted by Crippen LogP contribution is 2.41. The summed E-state index contributed by atoms with van der Waals surface area (Å²) in [5.74, 6) is 1.69. The Labute approximate surface area is 333 Å². The fourth-order valence-corrected chi connectivity index (χ4v) is 8.72. The normalized spacial score (nSPS) is 11.8. The summed E-state index contributed by atoms with van der Waals surface area (Å²) >= 11 is 0. The Morgan fingerprint density at radius 1 is 0.345 bits per heavy atom. The molecular formula is C53H32N4O. The molecule has 12 rings (SSSR count). The number of furan rings is 1. The van der Waals surface area contributed by atoms with Crippen LogP contribution in [0.2, 0.25) is 0 Å². The molecule has 0 atom stereocenters. The number of nitrogens with zero attached hydrogens (tertiary/aromatic N) is 4. The van der Waals surface area contributed by atoms with Crippen LogP contribution < -0.4 is 0 Å². The third kappa shape index (κ3) is 5.14. The average molecular weight is 741 g/mol. The molecule has 9 aromatic carbocycles. The molecule has 0 N–H and O–H groups in total. The number of rotatable bonds is 5. The first kappa shape index (κ1) is 32.4. The molecule has 5 nitrogen and oxygen atoms in total. The van der Waals surface area contributed by atoms with Gasteiger partial charge in [-0.1, -0.05) is 146 Å². The lowest BCUT2D eigenvalue weighted by molar-refractivity contribution is 0.669. The lowest BCUT2D eigenvalue weighted by Gasteiger charge is -2.14. The van der Waals surface area contributed by atoms with Gasteiger partial charge in [0.2, 0.25) is 5.95 Å². The molecule has 0 aliphatic carbocycles. The van der Waals surface area contributed by atoms with E-state index in [1.165, 1.54) is 16.2 Å². The molecule has 12 aromatic rings. The first-order valence-corrected chi connectivity index (χ1v) is 19.5. The average Bonchev–Trinajstić information content (AvgIpc) is 3.84. The number of fused-ring (bicyclic) bond motifs is 9. The van der Waals surface area contributed by atoms with E-state index in [9.17, 15) is 0 Å². The van der Waals surface area contributed by atoms with Gasteiger partial charge in [0.15, 0.2) is 11.6 Å². The van der Waals surface area contributed by atoms with Gasteiger partial charge in [0.25, 0.3) is 0 Å². The molecule has 0 amide bonds. The van der Waals surface area contributed by atoms with Gasteiger partial charge in [-0.25, -0.2) is 4.98 Å². The summed E-state index contributed by atoms with van der Waals surface area (Å²) in [5, 5.41) is 8.96. The number of para-hydroxylation sites is 1. The van der Waals surface area contributed by atoms with Gasteiger partial charge in [-0.2, -0.15) is 9.97 Å². The molecule has 0 radical (unpaired) electrons. The van der Waals surface area contributed by atoms with Crippen molar-refractivity contribution in [3.63, 3.8) is 0 Å². The van der Waals surface area contributed by atoms with E-state index in [0.717, 1.165) is 82.5 Å². The van der Waals surface area contributed by atoms with Gasteiger partial charge in [0.05, 0.1) is 11.0 Å². The molecule has 3 heterocycles. The van der Waals surface area contributed by atoms with Crippen molar-refractivity contribution in [3.05, 3.63) is 194 Å². The van der Waals surface area contributed by atoms with E-state index >= 15 is 0 Å². The van der Waals surface area contributed by atoms with Crippen LogP contribution in [-0.2, 0) is 0 Å². The Morgan fingerprint density at radius 3 is 1.72 bits per heavy atom. The molecule has 0 aliphatic heterocycles. The highest BCUT2D eigenvalue weighted by atomic mass is 16.3. The number of hydrogen-bond donors (Lipinski definition) is 0. The first-order valence-electron chi connectivity index (χ1n) is 19.5. The van der Waals surface area contributed by atoms with Gasteiger partial charge in [-0.15, -0.1) is 0 Å². The van der Waals surface area contributed by atoms with Gasteiger partial charge >= 0.3 is 0 Å². The van der Waals surface area contributed by atoms with Crippen LogP contribution in [0.3, 0.4) is 0 Å². The minimum Gasteiger partial charge on any atom is -0.456 e. The van der Waals surface area contributed by atoms with Crippen molar-refractivity contribution in [1.82, 2.24) is 19.5 Å². The Balaban J connectivity index is 1.18. The van der Waals surface area contributed by atoms with Crippen LogP contribution in [0, 0.1) is 0 Å². The van der Waals surface area contributed by atoms with Gasteiger partial charge in [-0.05, 0) is 92.3 Å². The number of hydrogen-bond acceptors (Lipinski definition) is 4. The van der Waals surface area contributed by atoms with Crippen molar-refractivity contribution in [2.24, 2.45) is 0 Å². The van der Waals surface area contributed by atoms with E-state index < -0.39 is 0 Å². The van der Waals surface area contributed by atoms with Gasteiger partial charge < -0.3 is 4.42 Å². The van der Waals surface area contributed by atoms with E-state index in [0.29, 0.717) is 17.6 Å². The van der Waals surface area contributed by atoms with Crippen molar-refractivity contribution in [2.45, 2.75) is 0 Å². The van der Waals surface area contributed by atoms with Crippen molar-refractivity contribution in [3.8, 4) is 51.0 Å². The summed E-state index contributed by atoms with van der Waals surface area (Å²) in [6.07, 6.45) is 0. The van der Waals surface area contributed by atoms with Gasteiger partial charge in [0.1, 0.15) is 11.2 Å². The SMILES string of the molecule is c1ccc(-c2cc(-c3ccccc3)cc(-c3nc(-c4cccc5oc6cc7ccccc7cc6c45)nc(-n4c5ccccc5c5c6ccccc6ccc54)n3)c2)cc1. The van der Waals surface area contributed by atoms with E-state index in [4.69, 9.17) is 19.4 Å². The first-order chi connectivity index (χ1) is 28.7. The van der Waals surface area contributed by atoms with Crippen LogP contribution in [0.15, 0.2) is 199 Å². The summed E-state index contributed by atoms with van der Waals surface area (Å²) in [6.45, 7) is 0. The number of aromatic nitrogens is 4. The molecule has 0 unspecified atom stereocenters. The molecule has 0 spiro atoms. The monoisotopic (exact) mass is 740 g/mol. The lowest BCUT2D eigenvalue weighted by atomic mass is 9.96. The van der Waals surface area contributed by atoms with Crippen molar-refractivity contribution < 1.29 is 4.42 Å². The summed E-state index contributed by atoms with van der Waals surface area (Å²) in [6, 6.07) is 68.0. The minimum atomic E-state index is 0.545. The molecule has 58 heavy (non-hydrogen) atoms. The second-order valence-corrected chi connectivity index (χ2v) is 14.8. The predicted octanol–water partition coefficient (Wildman–Crippen LogP) is 13.8. The maximum absolute atomic E-state index is 6.55. The summed E-state index contributed by atoms with van der Waals surface area (Å²) in [4.78, 5) is 16.2. The third-order valence-corrected chi connectivity index (χ3v) is 11.4. The van der Waals surface area contributed by atoms with Crippen LogP contribution in [0.1, 0.15) is 0 Å². The molecule has 3 aromatic heterocycles. The molecule has 0 saturated heterocycles. The van der Waals surface area contributed by atoms with Crippen LogP contribution in [0.25, 0.3) is 116 Å². The predicted molar refractivity (Wildman–Crippen MR) is 238 cm³/mol. The van der Waals surface area contributed by atoms with Crippen LogP contribution in [-0.4, -0.2) is 19.5 Å². The third-order valence-electron chi connectivity index (χ3n) is 11.4. The van der Waals surface area contributed by atoms with Crippen molar-refractivity contribution in [1.29, 1.82) is 0 Å². The fourth-order valence-electron chi connectivity index (χ4n) is 8.72. The fraction of sp³-hybridized carbons (Fsp3) is 0. The number of benzene rings is 9. The Bertz CT molecular complexity index is 3510. The van der Waals surface area contributed by atoms with E-state index in [-0.39, 0.29) is 0 Å². The highest BCUT2D eigenvalue weighted by molar-refractivity contribution is 6.21. The van der Waals surface area contributed by atoms with Gasteiger partial charge in [-0.3, -0.25) is 4.57 Å². The maximum Gasteiger partial charge on any atom is 0.238 e. The molecule has 5 heteroatoms. The van der Waals surface area contributed by atoms with E-state index in [1.807, 2.05) is 24.3 Å². The quantitative estimate of drug-likeness (QED) is 0.176. The van der Waals surface area contributed by atoms with Crippen LogP contribution >= 0.6 is 0 Å². The zero-order valence-electron chi connectivity index (χ0n) is 31.2. The highest BCUT2D eigenvalue weighted by Gasteiger charge is 2.22. The maximum atomic E-state index is 6.55.